The lowest BCUT2D eigenvalue weighted by atomic mass is 10.0. The average molecular weight is 531 g/mol. The number of amides is 1. The Labute approximate surface area is 208 Å². The van der Waals surface area contributed by atoms with Crippen LogP contribution in [0.2, 0.25) is 5.02 Å². The van der Waals surface area contributed by atoms with Crippen molar-refractivity contribution >= 4 is 46.2 Å². The third kappa shape index (κ3) is 12.5. The first-order valence-electron chi connectivity index (χ1n) is 10.3. The fourth-order valence-corrected chi connectivity index (χ4v) is 3.53. The van der Waals surface area contributed by atoms with Gasteiger partial charge in [-0.15, -0.1) is 6.58 Å². The first-order chi connectivity index (χ1) is 15.9. The molecule has 0 saturated carbocycles. The van der Waals surface area contributed by atoms with Crippen LogP contribution in [0.25, 0.3) is 0 Å². The number of nitrogens with zero attached hydrogens (tertiary/aromatic N) is 2. The third-order valence-corrected chi connectivity index (χ3v) is 5.39. The fraction of sp³-hybridized carbons (Fsp3) is 0.500. The van der Waals surface area contributed by atoms with E-state index in [-0.39, 0.29) is 18.7 Å². The molecule has 6 nitrogen and oxygen atoms in total. The first-order valence-corrected chi connectivity index (χ1v) is 12.1. The van der Waals surface area contributed by atoms with Gasteiger partial charge in [-0.05, 0) is 43.5 Å². The minimum absolute atomic E-state index is 0.0301. The lowest BCUT2D eigenvalue weighted by molar-refractivity contribution is 0.135. The number of alkyl halides is 2. The number of anilines is 1. The number of fused-ring (bicyclic) bond motifs is 1. The number of ether oxygens (including phenoxy) is 1. The van der Waals surface area contributed by atoms with E-state index in [2.05, 4.69) is 6.58 Å². The Bertz CT molecular complexity index is 730. The van der Waals surface area contributed by atoms with Crippen LogP contribution in [0.15, 0.2) is 42.5 Å². The summed E-state index contributed by atoms with van der Waals surface area (Å²) in [6.07, 6.45) is 3.86. The van der Waals surface area contributed by atoms with Crippen molar-refractivity contribution in [1.29, 1.82) is 0 Å². The monoisotopic (exact) mass is 530 g/mol. The summed E-state index contributed by atoms with van der Waals surface area (Å²) in [5.74, 6) is 0. The SMILES string of the molecule is C/C=C/Cl.C=CCF.CC.CF.O=C1OCc2cc(Cl)ccc2N1C1CCN(S(=O)O)CC1. The average Bonchev–Trinajstić information content (AvgIpc) is 2.87. The molecule has 3 rings (SSSR count). The number of carbonyl (C=O) groups is 1. The largest absolute Gasteiger partial charge is 0.444 e. The van der Waals surface area contributed by atoms with Crippen molar-refractivity contribution in [2.75, 3.05) is 31.8 Å². The van der Waals surface area contributed by atoms with E-state index in [1.165, 1.54) is 15.9 Å². The minimum Gasteiger partial charge on any atom is -0.444 e. The number of piperidine rings is 1. The molecule has 1 saturated heterocycles. The molecular weight excluding hydrogens is 497 g/mol. The highest BCUT2D eigenvalue weighted by molar-refractivity contribution is 7.76. The minimum atomic E-state index is -1.95. The lowest BCUT2D eigenvalue weighted by Crippen LogP contribution is -2.49. The van der Waals surface area contributed by atoms with Gasteiger partial charge in [-0.3, -0.25) is 13.8 Å². The summed E-state index contributed by atoms with van der Waals surface area (Å²) in [4.78, 5) is 13.7. The van der Waals surface area contributed by atoms with Crippen molar-refractivity contribution in [1.82, 2.24) is 4.31 Å². The van der Waals surface area contributed by atoms with Gasteiger partial charge < -0.3 is 4.74 Å². The quantitative estimate of drug-likeness (QED) is 0.340. The van der Waals surface area contributed by atoms with E-state index in [1.807, 2.05) is 26.8 Å². The van der Waals surface area contributed by atoms with Crippen molar-refractivity contribution in [3.63, 3.8) is 0 Å². The zero-order chi connectivity index (χ0) is 25.8. The predicted molar refractivity (Wildman–Crippen MR) is 135 cm³/mol. The van der Waals surface area contributed by atoms with Crippen molar-refractivity contribution in [3.05, 3.63) is 53.1 Å². The van der Waals surface area contributed by atoms with Crippen molar-refractivity contribution in [2.45, 2.75) is 46.3 Å². The van der Waals surface area contributed by atoms with Crippen LogP contribution in [0.3, 0.4) is 0 Å². The van der Waals surface area contributed by atoms with E-state index in [0.29, 0.717) is 38.1 Å². The highest BCUT2D eigenvalue weighted by atomic mass is 35.5. The number of benzene rings is 1. The van der Waals surface area contributed by atoms with Gasteiger partial charge in [-0.25, -0.2) is 17.7 Å². The van der Waals surface area contributed by atoms with E-state index in [0.717, 1.165) is 11.3 Å². The number of halogens is 4. The third-order valence-electron chi connectivity index (χ3n) is 4.09. The van der Waals surface area contributed by atoms with Crippen LogP contribution >= 0.6 is 23.2 Å². The maximum Gasteiger partial charge on any atom is 0.414 e. The van der Waals surface area contributed by atoms with Crippen molar-refractivity contribution in [3.8, 4) is 0 Å². The zero-order valence-corrected chi connectivity index (χ0v) is 21.8. The molecule has 190 valence electrons. The summed E-state index contributed by atoms with van der Waals surface area (Å²) in [6, 6.07) is 5.35. The molecule has 1 unspecified atom stereocenters. The second-order valence-electron chi connectivity index (χ2n) is 5.99. The number of hydrogen-bond donors (Lipinski definition) is 1. The van der Waals surface area contributed by atoms with E-state index < -0.39 is 17.9 Å². The lowest BCUT2D eigenvalue weighted by Gasteiger charge is -2.39. The van der Waals surface area contributed by atoms with Gasteiger partial charge in [-0.2, -0.15) is 0 Å². The van der Waals surface area contributed by atoms with Gasteiger partial charge in [-0.1, -0.05) is 49.2 Å². The maximum absolute atomic E-state index is 12.1. The summed E-state index contributed by atoms with van der Waals surface area (Å²) in [6.45, 7) is 9.73. The van der Waals surface area contributed by atoms with Gasteiger partial charge in [0.15, 0.2) is 0 Å². The Balaban J connectivity index is 0. The smallest absolute Gasteiger partial charge is 0.414 e. The first kappa shape index (κ1) is 33.7. The number of carbonyl (C=O) groups excluding carboxylic acids is 1. The maximum atomic E-state index is 12.1. The van der Waals surface area contributed by atoms with Crippen molar-refractivity contribution < 1.29 is 27.1 Å². The second-order valence-corrected chi connectivity index (χ2v) is 7.66. The molecule has 2 heterocycles. The Hall–Kier alpha value is -1.52. The van der Waals surface area contributed by atoms with Gasteiger partial charge in [0.05, 0.1) is 12.9 Å². The van der Waals surface area contributed by atoms with Crippen LogP contribution in [-0.2, 0) is 22.6 Å². The molecule has 0 spiro atoms. The molecule has 1 fully saturated rings. The summed E-state index contributed by atoms with van der Waals surface area (Å²) >= 11 is 9.03. The molecule has 1 N–H and O–H groups in total. The predicted octanol–water partition coefficient (Wildman–Crippen LogP) is 6.91. The van der Waals surface area contributed by atoms with Crippen LogP contribution in [0.5, 0.6) is 0 Å². The molecule has 0 bridgehead atoms. The molecule has 1 aromatic rings. The van der Waals surface area contributed by atoms with E-state index >= 15 is 0 Å². The number of cyclic esters (lactones) is 1. The van der Waals surface area contributed by atoms with E-state index in [1.54, 1.807) is 23.1 Å². The topological polar surface area (TPSA) is 70.1 Å². The Kier molecular flexibility index (Phi) is 21.5. The fourth-order valence-electron chi connectivity index (χ4n) is 2.81. The molecule has 1 atom stereocenters. The number of hydrogen-bond acceptors (Lipinski definition) is 3. The van der Waals surface area contributed by atoms with Crippen LogP contribution in [0.1, 0.15) is 39.2 Å². The Morgan fingerprint density at radius 1 is 1.30 bits per heavy atom. The van der Waals surface area contributed by atoms with Gasteiger partial charge in [0.25, 0.3) is 0 Å². The number of rotatable bonds is 3. The second kappa shape index (κ2) is 21.0. The molecule has 1 aromatic carbocycles. The summed E-state index contributed by atoms with van der Waals surface area (Å²) < 4.78 is 46.9. The van der Waals surface area contributed by atoms with Crippen molar-refractivity contribution in [2.24, 2.45) is 0 Å². The zero-order valence-electron chi connectivity index (χ0n) is 19.5. The van der Waals surface area contributed by atoms with Gasteiger partial charge in [0, 0.05) is 29.7 Å². The van der Waals surface area contributed by atoms with Gasteiger partial charge in [0.1, 0.15) is 13.3 Å². The van der Waals surface area contributed by atoms with E-state index in [4.69, 9.17) is 32.5 Å². The molecule has 11 heteroatoms. The normalized spacial score (nSPS) is 16.2. The van der Waals surface area contributed by atoms with Crippen LogP contribution in [0, 0.1) is 0 Å². The summed E-state index contributed by atoms with van der Waals surface area (Å²) in [7, 11) is 0.500. The number of allylic oxidation sites excluding steroid dienone is 2. The van der Waals surface area contributed by atoms with Gasteiger partial charge in [0.2, 0.25) is 11.3 Å². The summed E-state index contributed by atoms with van der Waals surface area (Å²) in [5.41, 5.74) is 3.18. The highest BCUT2D eigenvalue weighted by Crippen LogP contribution is 2.33. The Morgan fingerprint density at radius 2 is 1.82 bits per heavy atom. The molecule has 0 aromatic heterocycles. The standard InChI is InChI=1S/C13H15ClN2O4S.C3H5Cl.C3H5F.C2H6.CH3F/c14-10-1-2-12-9(7-10)8-20-13(17)16(12)11-3-5-15(6-4-11)21(18)19;2*1-2-3-4;2*1-2/h1-2,7,11H,3-6,8H2,(H,18,19);2-3H,1H3;2H,1,3H2;1-2H3;1H3/b;3-2+;;;. The highest BCUT2D eigenvalue weighted by Gasteiger charge is 2.35. The molecule has 2 aliphatic heterocycles. The van der Waals surface area contributed by atoms with Gasteiger partial charge >= 0.3 is 6.09 Å². The van der Waals surface area contributed by atoms with Crippen LogP contribution < -0.4 is 4.90 Å². The molecule has 33 heavy (non-hydrogen) atoms. The Morgan fingerprint density at radius 3 is 2.24 bits per heavy atom. The molecule has 0 radical (unpaired) electrons. The molecular formula is C22H34Cl2F2N2O4S. The molecule has 1 amide bonds. The summed E-state index contributed by atoms with van der Waals surface area (Å²) in [5, 5.41) is 0.608. The molecule has 2 aliphatic rings. The van der Waals surface area contributed by atoms with E-state index in [9.17, 15) is 17.8 Å². The van der Waals surface area contributed by atoms with Crippen LogP contribution in [0.4, 0.5) is 19.3 Å². The van der Waals surface area contributed by atoms with Crippen LogP contribution in [-0.4, -0.2) is 52.1 Å². The molecule has 0 aliphatic carbocycles.